The maximum Gasteiger partial charge on any atom is 0.324 e. The molecule has 152 valence electrons. The van der Waals surface area contributed by atoms with Crippen LogP contribution in [0, 0.1) is 0 Å². The Morgan fingerprint density at radius 1 is 1.17 bits per heavy atom. The van der Waals surface area contributed by atoms with Gasteiger partial charge in [-0.3, -0.25) is 14.5 Å². The van der Waals surface area contributed by atoms with Crippen molar-refractivity contribution in [1.29, 1.82) is 0 Å². The molecule has 0 bridgehead atoms. The number of carbonyl (C=O) groups is 3. The summed E-state index contributed by atoms with van der Waals surface area (Å²) < 4.78 is 10.2. The van der Waals surface area contributed by atoms with Gasteiger partial charge in [0.2, 0.25) is 11.8 Å². The highest BCUT2D eigenvalue weighted by molar-refractivity contribution is 6.06. The summed E-state index contributed by atoms with van der Waals surface area (Å²) in [7, 11) is 3.06. The van der Waals surface area contributed by atoms with E-state index in [1.165, 1.54) is 13.3 Å². The van der Waals surface area contributed by atoms with Crippen LogP contribution in [0.1, 0.15) is 12.0 Å². The number of hydrogen-bond donors (Lipinski definition) is 2. The van der Waals surface area contributed by atoms with Crippen molar-refractivity contribution in [3.8, 4) is 11.6 Å². The zero-order valence-corrected chi connectivity index (χ0v) is 16.2. The molecule has 1 aliphatic rings. The molecule has 1 fully saturated rings. The number of hydrogen-bond acceptors (Lipinski definition) is 6. The van der Waals surface area contributed by atoms with Crippen LogP contribution in [0.3, 0.4) is 0 Å². The van der Waals surface area contributed by atoms with Crippen molar-refractivity contribution in [3.05, 3.63) is 48.2 Å². The lowest BCUT2D eigenvalue weighted by molar-refractivity contribution is -0.129. The summed E-state index contributed by atoms with van der Waals surface area (Å²) in [5.41, 5.74) is 1.37. The van der Waals surface area contributed by atoms with Gasteiger partial charge in [-0.1, -0.05) is 18.2 Å². The van der Waals surface area contributed by atoms with Gasteiger partial charge in [-0.25, -0.2) is 9.78 Å². The summed E-state index contributed by atoms with van der Waals surface area (Å²) in [5, 5.41) is 5.21. The number of nitrogens with zero attached hydrogens (tertiary/aromatic N) is 2. The predicted molar refractivity (Wildman–Crippen MR) is 105 cm³/mol. The molecule has 1 aromatic heterocycles. The van der Waals surface area contributed by atoms with E-state index >= 15 is 0 Å². The fraction of sp³-hybridized carbons (Fsp3) is 0.300. The molecule has 2 N–H and O–H groups in total. The molecule has 0 spiro atoms. The van der Waals surface area contributed by atoms with E-state index in [9.17, 15) is 14.4 Å². The summed E-state index contributed by atoms with van der Waals surface area (Å²) in [5.74, 6) is 0.297. The number of benzene rings is 1. The van der Waals surface area contributed by atoms with E-state index in [0.717, 1.165) is 10.5 Å². The van der Waals surface area contributed by atoms with Gasteiger partial charge in [-0.15, -0.1) is 0 Å². The maximum absolute atomic E-state index is 12.6. The first kappa shape index (κ1) is 20.1. The molecule has 1 saturated heterocycles. The molecule has 9 nitrogen and oxygen atoms in total. The van der Waals surface area contributed by atoms with Gasteiger partial charge in [0.1, 0.15) is 11.8 Å². The molecule has 1 atom stereocenters. The number of amides is 4. The summed E-state index contributed by atoms with van der Waals surface area (Å²) in [6.07, 6.45) is 1.74. The maximum atomic E-state index is 12.6. The Morgan fingerprint density at radius 2 is 1.97 bits per heavy atom. The Bertz CT molecular complexity index is 900. The lowest BCUT2D eigenvalue weighted by Crippen LogP contribution is -2.35. The van der Waals surface area contributed by atoms with Gasteiger partial charge in [0.25, 0.3) is 5.91 Å². The molecular weight excluding hydrogens is 376 g/mol. The van der Waals surface area contributed by atoms with Gasteiger partial charge in [0.15, 0.2) is 0 Å². The van der Waals surface area contributed by atoms with Gasteiger partial charge >= 0.3 is 6.03 Å². The van der Waals surface area contributed by atoms with Crippen LogP contribution in [-0.2, 0) is 16.0 Å². The summed E-state index contributed by atoms with van der Waals surface area (Å²) in [6.45, 7) is 0.200. The number of nitrogens with one attached hydrogen (secondary N) is 2. The quantitative estimate of drug-likeness (QED) is 0.654. The lowest BCUT2D eigenvalue weighted by atomic mass is 10.1. The fourth-order valence-corrected chi connectivity index (χ4v) is 3.04. The van der Waals surface area contributed by atoms with Crippen LogP contribution in [0.25, 0.3) is 0 Å². The van der Waals surface area contributed by atoms with Gasteiger partial charge in [0, 0.05) is 12.6 Å². The number of imide groups is 1. The molecule has 2 heterocycles. The van der Waals surface area contributed by atoms with E-state index in [2.05, 4.69) is 15.6 Å². The minimum atomic E-state index is -0.897. The molecule has 4 amide bonds. The third-order valence-corrected chi connectivity index (χ3v) is 4.52. The van der Waals surface area contributed by atoms with E-state index in [1.54, 1.807) is 19.2 Å². The molecule has 0 aliphatic carbocycles. The average molecular weight is 398 g/mol. The summed E-state index contributed by atoms with van der Waals surface area (Å²) in [4.78, 5) is 42.1. The second-order valence-corrected chi connectivity index (χ2v) is 6.40. The first-order valence-corrected chi connectivity index (χ1v) is 9.05. The highest BCUT2D eigenvalue weighted by Gasteiger charge is 2.38. The van der Waals surface area contributed by atoms with Crippen LogP contribution in [0.5, 0.6) is 11.6 Å². The molecule has 9 heteroatoms. The normalized spacial score (nSPS) is 15.8. The number of pyridine rings is 1. The molecule has 3 rings (SSSR count). The zero-order chi connectivity index (χ0) is 20.8. The van der Waals surface area contributed by atoms with Crippen molar-refractivity contribution < 1.29 is 23.9 Å². The number of aromatic nitrogens is 1. The number of carbonyl (C=O) groups excluding carboxylic acids is 3. The topological polar surface area (TPSA) is 110 Å². The second-order valence-electron chi connectivity index (χ2n) is 6.40. The van der Waals surface area contributed by atoms with Crippen LogP contribution in [0.15, 0.2) is 42.6 Å². The van der Waals surface area contributed by atoms with Crippen LogP contribution in [0.2, 0.25) is 0 Å². The SMILES string of the molecule is COc1ccc(NC(=O)CC2NC(=O)N(CCc3ccccc3OC)C2=O)cn1. The van der Waals surface area contributed by atoms with Crippen molar-refractivity contribution in [2.45, 2.75) is 18.9 Å². The lowest BCUT2D eigenvalue weighted by Gasteiger charge is -2.14. The zero-order valence-electron chi connectivity index (χ0n) is 16.2. The van der Waals surface area contributed by atoms with Crippen molar-refractivity contribution in [3.63, 3.8) is 0 Å². The first-order chi connectivity index (χ1) is 14.0. The second kappa shape index (κ2) is 9.05. The van der Waals surface area contributed by atoms with Crippen LogP contribution >= 0.6 is 0 Å². The minimum Gasteiger partial charge on any atom is -0.496 e. The van der Waals surface area contributed by atoms with Crippen molar-refractivity contribution in [2.24, 2.45) is 0 Å². The van der Waals surface area contributed by atoms with E-state index in [0.29, 0.717) is 23.7 Å². The highest BCUT2D eigenvalue weighted by Crippen LogP contribution is 2.19. The summed E-state index contributed by atoms with van der Waals surface area (Å²) >= 11 is 0. The number of methoxy groups -OCH3 is 2. The number of rotatable bonds is 8. The highest BCUT2D eigenvalue weighted by atomic mass is 16.5. The van der Waals surface area contributed by atoms with Crippen LogP contribution in [0.4, 0.5) is 10.5 Å². The van der Waals surface area contributed by atoms with Gasteiger partial charge in [0.05, 0.1) is 32.5 Å². The van der Waals surface area contributed by atoms with Crippen molar-refractivity contribution in [1.82, 2.24) is 15.2 Å². The smallest absolute Gasteiger partial charge is 0.324 e. The van der Waals surface area contributed by atoms with E-state index in [1.807, 2.05) is 24.3 Å². The molecule has 1 unspecified atom stereocenters. The molecule has 0 saturated carbocycles. The monoisotopic (exact) mass is 398 g/mol. The van der Waals surface area contributed by atoms with E-state index in [4.69, 9.17) is 9.47 Å². The molecule has 2 aromatic rings. The molecular formula is C20H22N4O5. The number of ether oxygens (including phenoxy) is 2. The third-order valence-electron chi connectivity index (χ3n) is 4.52. The number of para-hydroxylation sites is 1. The molecule has 0 radical (unpaired) electrons. The largest absolute Gasteiger partial charge is 0.496 e. The minimum absolute atomic E-state index is 0.165. The van der Waals surface area contributed by atoms with Crippen molar-refractivity contribution in [2.75, 3.05) is 26.1 Å². The summed E-state index contributed by atoms with van der Waals surface area (Å²) in [6, 6.07) is 9.26. The fourth-order valence-electron chi connectivity index (χ4n) is 3.04. The average Bonchev–Trinajstić information content (AvgIpc) is 2.99. The molecule has 1 aliphatic heterocycles. The number of anilines is 1. The molecule has 29 heavy (non-hydrogen) atoms. The molecule has 1 aromatic carbocycles. The Morgan fingerprint density at radius 3 is 2.66 bits per heavy atom. The Kier molecular flexibility index (Phi) is 6.28. The standard InChI is InChI=1S/C20H22N4O5/c1-28-16-6-4-3-5-13(16)9-10-24-19(26)15(23-20(24)27)11-17(25)22-14-7-8-18(29-2)21-12-14/h3-8,12,15H,9-11H2,1-2H3,(H,22,25)(H,23,27). The van der Waals surface area contributed by atoms with Crippen molar-refractivity contribution >= 4 is 23.5 Å². The predicted octanol–water partition coefficient (Wildman–Crippen LogP) is 1.59. The van der Waals surface area contributed by atoms with Crippen LogP contribution in [-0.4, -0.2) is 54.5 Å². The van der Waals surface area contributed by atoms with E-state index < -0.39 is 23.9 Å². The van der Waals surface area contributed by atoms with Gasteiger partial charge < -0.3 is 20.1 Å². The van der Waals surface area contributed by atoms with Gasteiger partial charge in [-0.05, 0) is 24.1 Å². The number of urea groups is 1. The Balaban J connectivity index is 1.55. The Labute approximate surface area is 168 Å². The Hall–Kier alpha value is -3.62. The van der Waals surface area contributed by atoms with Gasteiger partial charge in [-0.2, -0.15) is 0 Å². The first-order valence-electron chi connectivity index (χ1n) is 9.05. The third kappa shape index (κ3) is 4.81. The van der Waals surface area contributed by atoms with E-state index in [-0.39, 0.29) is 13.0 Å². The van der Waals surface area contributed by atoms with Crippen LogP contribution < -0.4 is 20.1 Å².